The van der Waals surface area contributed by atoms with Crippen molar-refractivity contribution in [2.75, 3.05) is 37.6 Å². The molecule has 1 saturated heterocycles. The van der Waals surface area contributed by atoms with Gasteiger partial charge in [0.15, 0.2) is 0 Å². The fourth-order valence-electron chi connectivity index (χ4n) is 3.00. The number of benzene rings is 1. The summed E-state index contributed by atoms with van der Waals surface area (Å²) in [6.07, 6.45) is 3.74. The summed E-state index contributed by atoms with van der Waals surface area (Å²) < 4.78 is 0. The summed E-state index contributed by atoms with van der Waals surface area (Å²) in [5, 5.41) is 4.95. The number of hydrogen-bond acceptors (Lipinski definition) is 4. The van der Waals surface area contributed by atoms with Crippen LogP contribution in [0.2, 0.25) is 0 Å². The highest BCUT2D eigenvalue weighted by molar-refractivity contribution is 5.44. The minimum Gasteiger partial charge on any atom is -0.369 e. The third-order valence-electron chi connectivity index (χ3n) is 4.26. The molecule has 1 aromatic heterocycles. The lowest BCUT2D eigenvalue weighted by molar-refractivity contribution is -0.0327. The quantitative estimate of drug-likeness (QED) is 0.846. The van der Waals surface area contributed by atoms with Gasteiger partial charge in [-0.3, -0.25) is 4.98 Å². The molecule has 0 unspecified atom stereocenters. The molecule has 116 valence electrons. The molecule has 2 aromatic rings. The molecule has 22 heavy (non-hydrogen) atoms. The smallest absolute Gasteiger partial charge is 0.0397 e. The van der Waals surface area contributed by atoms with Gasteiger partial charge in [-0.1, -0.05) is 37.3 Å². The second-order valence-electron chi connectivity index (χ2n) is 5.61. The summed E-state index contributed by atoms with van der Waals surface area (Å²) >= 11 is 0. The van der Waals surface area contributed by atoms with Gasteiger partial charge < -0.3 is 4.90 Å². The second-order valence-corrected chi connectivity index (χ2v) is 5.61. The Hall–Kier alpha value is -1.91. The lowest BCUT2D eigenvalue weighted by atomic mass is 10.2. The van der Waals surface area contributed by atoms with Gasteiger partial charge in [-0.05, 0) is 17.7 Å². The minimum absolute atomic E-state index is 0.993. The molecule has 0 radical (unpaired) electrons. The first-order chi connectivity index (χ1) is 10.9. The summed E-state index contributed by atoms with van der Waals surface area (Å²) in [7, 11) is 0. The molecule has 4 heteroatoms. The molecule has 0 aliphatic carbocycles. The number of aromatic nitrogens is 1. The van der Waals surface area contributed by atoms with Crippen molar-refractivity contribution in [3.8, 4) is 0 Å². The first kappa shape index (κ1) is 15.0. The van der Waals surface area contributed by atoms with Crippen molar-refractivity contribution in [2.24, 2.45) is 0 Å². The number of piperazine rings is 1. The molecule has 3 rings (SSSR count). The standard InChI is InChI=1S/C18H24N4/c1-2-21(16-17-6-4-3-5-7-17)22-14-12-20(13-15-22)18-8-10-19-11-9-18/h3-11H,2,12-16H2,1H3. The summed E-state index contributed by atoms with van der Waals surface area (Å²) in [5.74, 6) is 0. The number of anilines is 1. The Balaban J connectivity index is 1.57. The molecule has 1 aliphatic heterocycles. The molecular weight excluding hydrogens is 272 g/mol. The number of rotatable bonds is 5. The molecule has 1 fully saturated rings. The highest BCUT2D eigenvalue weighted by Gasteiger charge is 2.21. The average molecular weight is 296 g/mol. The van der Waals surface area contributed by atoms with E-state index in [-0.39, 0.29) is 0 Å². The highest BCUT2D eigenvalue weighted by atomic mass is 15.6. The van der Waals surface area contributed by atoms with Gasteiger partial charge in [-0.25, -0.2) is 10.0 Å². The highest BCUT2D eigenvalue weighted by Crippen LogP contribution is 2.16. The van der Waals surface area contributed by atoms with Crippen LogP contribution < -0.4 is 4.90 Å². The van der Waals surface area contributed by atoms with Crippen LogP contribution in [-0.2, 0) is 6.54 Å². The molecule has 2 heterocycles. The Labute approximate surface area is 133 Å². The van der Waals surface area contributed by atoms with Crippen LogP contribution in [0, 0.1) is 0 Å². The number of nitrogens with zero attached hydrogens (tertiary/aromatic N) is 4. The lowest BCUT2D eigenvalue weighted by Gasteiger charge is -2.41. The van der Waals surface area contributed by atoms with Crippen LogP contribution in [-0.4, -0.2) is 47.7 Å². The van der Waals surface area contributed by atoms with Crippen LogP contribution in [0.5, 0.6) is 0 Å². The zero-order chi connectivity index (χ0) is 15.2. The maximum atomic E-state index is 4.10. The second kappa shape index (κ2) is 7.38. The molecule has 0 spiro atoms. The van der Waals surface area contributed by atoms with Gasteiger partial charge in [-0.15, -0.1) is 0 Å². The van der Waals surface area contributed by atoms with Gasteiger partial charge in [0.05, 0.1) is 0 Å². The van der Waals surface area contributed by atoms with Crippen LogP contribution in [0.15, 0.2) is 54.9 Å². The molecule has 4 nitrogen and oxygen atoms in total. The Morgan fingerprint density at radius 1 is 0.955 bits per heavy atom. The zero-order valence-electron chi connectivity index (χ0n) is 13.2. The van der Waals surface area contributed by atoms with Crippen LogP contribution in [0.4, 0.5) is 5.69 Å². The zero-order valence-corrected chi connectivity index (χ0v) is 13.2. The van der Waals surface area contributed by atoms with Crippen molar-refractivity contribution in [1.29, 1.82) is 0 Å². The van der Waals surface area contributed by atoms with E-state index < -0.39 is 0 Å². The predicted molar refractivity (Wildman–Crippen MR) is 90.5 cm³/mol. The maximum Gasteiger partial charge on any atom is 0.0397 e. The lowest BCUT2D eigenvalue weighted by Crippen LogP contribution is -2.53. The van der Waals surface area contributed by atoms with Gasteiger partial charge in [-0.2, -0.15) is 0 Å². The number of hydrogen-bond donors (Lipinski definition) is 0. The van der Waals surface area contributed by atoms with E-state index in [1.54, 1.807) is 0 Å². The van der Waals surface area contributed by atoms with E-state index in [4.69, 9.17) is 0 Å². The van der Waals surface area contributed by atoms with E-state index in [1.165, 1.54) is 11.3 Å². The summed E-state index contributed by atoms with van der Waals surface area (Å²) in [4.78, 5) is 6.54. The monoisotopic (exact) mass is 296 g/mol. The summed E-state index contributed by atoms with van der Waals surface area (Å²) in [5.41, 5.74) is 2.65. The molecular formula is C18H24N4. The third kappa shape index (κ3) is 3.64. The summed E-state index contributed by atoms with van der Waals surface area (Å²) in [6.45, 7) is 8.55. The fraction of sp³-hybridized carbons (Fsp3) is 0.389. The molecule has 0 amide bonds. The molecule has 0 atom stereocenters. The van der Waals surface area contributed by atoms with Gasteiger partial charge in [0.2, 0.25) is 0 Å². The molecule has 0 bridgehead atoms. The van der Waals surface area contributed by atoms with Gasteiger partial charge in [0.1, 0.15) is 0 Å². The van der Waals surface area contributed by atoms with Crippen LogP contribution in [0.1, 0.15) is 12.5 Å². The first-order valence-corrected chi connectivity index (χ1v) is 8.05. The van der Waals surface area contributed by atoms with Crippen molar-refractivity contribution in [3.63, 3.8) is 0 Å². The van der Waals surface area contributed by atoms with Crippen molar-refractivity contribution >= 4 is 5.69 Å². The molecule has 1 aromatic carbocycles. The van der Waals surface area contributed by atoms with E-state index in [2.05, 4.69) is 69.3 Å². The third-order valence-corrected chi connectivity index (χ3v) is 4.26. The molecule has 1 aliphatic rings. The Morgan fingerprint density at radius 2 is 1.64 bits per heavy atom. The fourth-order valence-corrected chi connectivity index (χ4v) is 3.00. The Bertz CT molecular complexity index is 550. The number of hydrazine groups is 1. The molecule has 0 N–H and O–H groups in total. The van der Waals surface area contributed by atoms with Crippen LogP contribution >= 0.6 is 0 Å². The van der Waals surface area contributed by atoms with Crippen molar-refractivity contribution in [3.05, 3.63) is 60.4 Å². The predicted octanol–water partition coefficient (Wildman–Crippen LogP) is 2.64. The van der Waals surface area contributed by atoms with Gasteiger partial charge >= 0.3 is 0 Å². The summed E-state index contributed by atoms with van der Waals surface area (Å²) in [6, 6.07) is 14.9. The topological polar surface area (TPSA) is 22.6 Å². The van der Waals surface area contributed by atoms with E-state index >= 15 is 0 Å². The van der Waals surface area contributed by atoms with E-state index in [0.29, 0.717) is 0 Å². The van der Waals surface area contributed by atoms with Gasteiger partial charge in [0.25, 0.3) is 0 Å². The minimum atomic E-state index is 0.993. The van der Waals surface area contributed by atoms with Crippen molar-refractivity contribution < 1.29 is 0 Å². The average Bonchev–Trinajstić information content (AvgIpc) is 2.61. The van der Waals surface area contributed by atoms with Crippen molar-refractivity contribution in [1.82, 2.24) is 15.0 Å². The van der Waals surface area contributed by atoms with Crippen molar-refractivity contribution in [2.45, 2.75) is 13.5 Å². The number of pyridine rings is 1. The van der Waals surface area contributed by atoms with Gasteiger partial charge in [0, 0.05) is 57.3 Å². The van der Waals surface area contributed by atoms with E-state index in [9.17, 15) is 0 Å². The molecule has 0 saturated carbocycles. The SMILES string of the molecule is CCN(Cc1ccccc1)N1CCN(c2ccncc2)CC1. The maximum absolute atomic E-state index is 4.10. The van der Waals surface area contributed by atoms with Crippen LogP contribution in [0.3, 0.4) is 0 Å². The Kier molecular flexibility index (Phi) is 5.03. The van der Waals surface area contributed by atoms with E-state index in [1.807, 2.05) is 12.4 Å². The largest absolute Gasteiger partial charge is 0.369 e. The Morgan fingerprint density at radius 3 is 2.27 bits per heavy atom. The van der Waals surface area contributed by atoms with E-state index in [0.717, 1.165) is 39.3 Å². The first-order valence-electron chi connectivity index (χ1n) is 8.05. The normalized spacial score (nSPS) is 16.2. The van der Waals surface area contributed by atoms with Crippen LogP contribution in [0.25, 0.3) is 0 Å².